The van der Waals surface area contributed by atoms with Gasteiger partial charge < -0.3 is 10.1 Å². The smallest absolute Gasteiger partial charge is 0.234 e. The van der Waals surface area contributed by atoms with E-state index in [1.165, 1.54) is 0 Å². The Morgan fingerprint density at radius 1 is 1.59 bits per heavy atom. The molecule has 0 radical (unpaired) electrons. The van der Waals surface area contributed by atoms with Crippen LogP contribution < -0.4 is 5.32 Å². The van der Waals surface area contributed by atoms with Crippen LogP contribution in [0.4, 0.5) is 0 Å². The molecule has 17 heavy (non-hydrogen) atoms. The molecular formula is C12H22N2O3. The Balaban J connectivity index is 2.27. The van der Waals surface area contributed by atoms with Gasteiger partial charge in [-0.15, -0.1) is 0 Å². The molecule has 5 nitrogen and oxygen atoms in total. The first-order chi connectivity index (χ1) is 8.17. The maximum Gasteiger partial charge on any atom is 0.234 e. The Morgan fingerprint density at radius 3 is 3.00 bits per heavy atom. The van der Waals surface area contributed by atoms with Crippen LogP contribution in [0.25, 0.3) is 0 Å². The molecule has 1 aliphatic rings. The minimum absolute atomic E-state index is 0.00579. The van der Waals surface area contributed by atoms with E-state index in [1.807, 2.05) is 6.92 Å². The molecular weight excluding hydrogens is 220 g/mol. The molecule has 0 aromatic heterocycles. The van der Waals surface area contributed by atoms with E-state index in [1.54, 1.807) is 7.11 Å². The first-order valence-electron chi connectivity index (χ1n) is 6.18. The third-order valence-corrected chi connectivity index (χ3v) is 3.10. The summed E-state index contributed by atoms with van der Waals surface area (Å²) < 4.78 is 4.86. The number of hydrogen-bond donors (Lipinski definition) is 1. The molecule has 1 heterocycles. The lowest BCUT2D eigenvalue weighted by atomic mass is 9.94. The summed E-state index contributed by atoms with van der Waals surface area (Å²) in [6, 6.07) is 0. The van der Waals surface area contributed by atoms with E-state index in [4.69, 9.17) is 4.74 Å². The van der Waals surface area contributed by atoms with Crippen molar-refractivity contribution in [3.05, 3.63) is 0 Å². The molecule has 0 aromatic rings. The number of likely N-dealkylation sites (tertiary alicyclic amines) is 1. The van der Waals surface area contributed by atoms with Gasteiger partial charge in [0.1, 0.15) is 5.78 Å². The van der Waals surface area contributed by atoms with Crippen LogP contribution in [0.5, 0.6) is 0 Å². The number of amides is 1. The van der Waals surface area contributed by atoms with E-state index in [0.717, 1.165) is 6.42 Å². The minimum atomic E-state index is 0.00579. The number of hydrogen-bond acceptors (Lipinski definition) is 4. The predicted octanol–water partition coefficient (Wildman–Crippen LogP) is 0.0500. The van der Waals surface area contributed by atoms with Crippen LogP contribution in [0.2, 0.25) is 0 Å². The van der Waals surface area contributed by atoms with Crippen molar-refractivity contribution in [2.75, 3.05) is 39.9 Å². The first-order valence-corrected chi connectivity index (χ1v) is 6.18. The standard InChI is InChI=1S/C12H22N2O3/c1-3-10-8-14(6-4-11(10)15)9-12(16)13-5-7-17-2/h10H,3-9H2,1-2H3,(H,13,16). The molecule has 1 amide bonds. The van der Waals surface area contributed by atoms with Crippen LogP contribution in [0.15, 0.2) is 0 Å². The van der Waals surface area contributed by atoms with Crippen molar-refractivity contribution in [2.45, 2.75) is 19.8 Å². The molecule has 0 aromatic carbocycles. The van der Waals surface area contributed by atoms with Crippen molar-refractivity contribution < 1.29 is 14.3 Å². The number of rotatable bonds is 6. The number of ether oxygens (including phenoxy) is 1. The highest BCUT2D eigenvalue weighted by Crippen LogP contribution is 2.15. The van der Waals surface area contributed by atoms with Gasteiger partial charge in [0.2, 0.25) is 5.91 Å². The second-order valence-electron chi connectivity index (χ2n) is 4.40. The van der Waals surface area contributed by atoms with Crippen LogP contribution in [0.1, 0.15) is 19.8 Å². The lowest BCUT2D eigenvalue weighted by molar-refractivity contribution is -0.129. The lowest BCUT2D eigenvalue weighted by Gasteiger charge is -2.30. The first kappa shape index (κ1) is 14.1. The Bertz CT molecular complexity index is 268. The van der Waals surface area contributed by atoms with Crippen LogP contribution in [0, 0.1) is 5.92 Å². The molecule has 1 saturated heterocycles. The zero-order valence-corrected chi connectivity index (χ0v) is 10.7. The average molecular weight is 242 g/mol. The van der Waals surface area contributed by atoms with Gasteiger partial charge >= 0.3 is 0 Å². The summed E-state index contributed by atoms with van der Waals surface area (Å²) in [5.41, 5.74) is 0. The summed E-state index contributed by atoms with van der Waals surface area (Å²) in [7, 11) is 1.61. The highest BCUT2D eigenvalue weighted by molar-refractivity contribution is 5.83. The van der Waals surface area contributed by atoms with E-state index in [0.29, 0.717) is 45.0 Å². The topological polar surface area (TPSA) is 58.6 Å². The second kappa shape index (κ2) is 7.40. The zero-order valence-electron chi connectivity index (χ0n) is 10.7. The quantitative estimate of drug-likeness (QED) is 0.669. The van der Waals surface area contributed by atoms with Gasteiger partial charge in [-0.2, -0.15) is 0 Å². The fourth-order valence-corrected chi connectivity index (χ4v) is 2.03. The van der Waals surface area contributed by atoms with Crippen LogP contribution >= 0.6 is 0 Å². The minimum Gasteiger partial charge on any atom is -0.383 e. The molecule has 1 unspecified atom stereocenters. The molecule has 1 fully saturated rings. The van der Waals surface area contributed by atoms with Crippen molar-refractivity contribution in [3.8, 4) is 0 Å². The maximum absolute atomic E-state index is 11.6. The van der Waals surface area contributed by atoms with E-state index in [9.17, 15) is 9.59 Å². The Kier molecular flexibility index (Phi) is 6.15. The monoisotopic (exact) mass is 242 g/mol. The predicted molar refractivity (Wildman–Crippen MR) is 64.7 cm³/mol. The molecule has 98 valence electrons. The number of nitrogens with zero attached hydrogens (tertiary/aromatic N) is 1. The summed E-state index contributed by atoms with van der Waals surface area (Å²) in [6.45, 7) is 4.89. The molecule has 1 aliphatic heterocycles. The number of carbonyl (C=O) groups excluding carboxylic acids is 2. The molecule has 1 N–H and O–H groups in total. The van der Waals surface area contributed by atoms with Crippen molar-refractivity contribution in [1.82, 2.24) is 10.2 Å². The van der Waals surface area contributed by atoms with Gasteiger partial charge in [-0.1, -0.05) is 6.92 Å². The third kappa shape index (κ3) is 4.83. The zero-order chi connectivity index (χ0) is 12.7. The van der Waals surface area contributed by atoms with Crippen molar-refractivity contribution in [3.63, 3.8) is 0 Å². The van der Waals surface area contributed by atoms with Crippen molar-refractivity contribution >= 4 is 11.7 Å². The van der Waals surface area contributed by atoms with Gasteiger partial charge in [0.25, 0.3) is 0 Å². The van der Waals surface area contributed by atoms with E-state index in [-0.39, 0.29) is 11.8 Å². The summed E-state index contributed by atoms with van der Waals surface area (Å²) in [4.78, 5) is 25.1. The average Bonchev–Trinajstić information content (AvgIpc) is 2.32. The number of methoxy groups -OCH3 is 1. The molecule has 1 atom stereocenters. The lowest BCUT2D eigenvalue weighted by Crippen LogP contribution is -2.45. The van der Waals surface area contributed by atoms with E-state index < -0.39 is 0 Å². The Morgan fingerprint density at radius 2 is 2.35 bits per heavy atom. The van der Waals surface area contributed by atoms with Gasteiger partial charge in [-0.3, -0.25) is 14.5 Å². The van der Waals surface area contributed by atoms with Crippen molar-refractivity contribution in [2.24, 2.45) is 5.92 Å². The second-order valence-corrected chi connectivity index (χ2v) is 4.40. The number of Topliss-reactive ketones (excluding diaryl/α,β-unsaturated/α-hetero) is 1. The fourth-order valence-electron chi connectivity index (χ4n) is 2.03. The van der Waals surface area contributed by atoms with Crippen LogP contribution in [0.3, 0.4) is 0 Å². The van der Waals surface area contributed by atoms with Gasteiger partial charge in [-0.05, 0) is 6.42 Å². The van der Waals surface area contributed by atoms with Gasteiger partial charge in [0.15, 0.2) is 0 Å². The third-order valence-electron chi connectivity index (χ3n) is 3.10. The SMILES string of the molecule is CCC1CN(CC(=O)NCCOC)CCC1=O. The highest BCUT2D eigenvalue weighted by atomic mass is 16.5. The van der Waals surface area contributed by atoms with Gasteiger partial charge in [0, 0.05) is 39.1 Å². The summed E-state index contributed by atoms with van der Waals surface area (Å²) in [5, 5.41) is 2.78. The molecule has 0 saturated carbocycles. The van der Waals surface area contributed by atoms with Crippen LogP contribution in [-0.4, -0.2) is 56.5 Å². The normalized spacial score (nSPS) is 21.5. The van der Waals surface area contributed by atoms with Gasteiger partial charge in [0.05, 0.1) is 13.2 Å². The van der Waals surface area contributed by atoms with E-state index in [2.05, 4.69) is 10.2 Å². The molecule has 0 aliphatic carbocycles. The van der Waals surface area contributed by atoms with Gasteiger partial charge in [-0.25, -0.2) is 0 Å². The largest absolute Gasteiger partial charge is 0.383 e. The Labute approximate surface area is 102 Å². The summed E-state index contributed by atoms with van der Waals surface area (Å²) >= 11 is 0. The number of piperidine rings is 1. The molecule has 1 rings (SSSR count). The number of nitrogens with one attached hydrogen (secondary N) is 1. The maximum atomic E-state index is 11.6. The number of carbonyl (C=O) groups is 2. The Hall–Kier alpha value is -0.940. The van der Waals surface area contributed by atoms with Crippen molar-refractivity contribution in [1.29, 1.82) is 0 Å². The summed E-state index contributed by atoms with van der Waals surface area (Å²) in [6.07, 6.45) is 1.44. The van der Waals surface area contributed by atoms with E-state index >= 15 is 0 Å². The summed E-state index contributed by atoms with van der Waals surface area (Å²) in [5.74, 6) is 0.449. The highest BCUT2D eigenvalue weighted by Gasteiger charge is 2.26. The molecule has 0 bridgehead atoms. The van der Waals surface area contributed by atoms with Crippen LogP contribution in [-0.2, 0) is 14.3 Å². The fraction of sp³-hybridized carbons (Fsp3) is 0.833. The molecule has 5 heteroatoms. The molecule has 0 spiro atoms. The number of ketones is 1.